The van der Waals surface area contributed by atoms with Crippen molar-refractivity contribution in [1.29, 1.82) is 0 Å². The van der Waals surface area contributed by atoms with Gasteiger partial charge in [0.2, 0.25) is 0 Å². The normalized spacial score (nSPS) is 15.3. The zero-order valence-corrected chi connectivity index (χ0v) is 16.6. The smallest absolute Gasteiger partial charge is 0.416 e. The molecular weight excluding hydrogens is 407 g/mol. The van der Waals surface area contributed by atoms with Crippen molar-refractivity contribution in [3.05, 3.63) is 53.1 Å². The molecule has 0 spiro atoms. The van der Waals surface area contributed by atoms with Crippen LogP contribution in [0.25, 0.3) is 0 Å². The molecule has 2 aromatic carbocycles. The predicted molar refractivity (Wildman–Crippen MR) is 106 cm³/mol. The number of halogens is 4. The van der Waals surface area contributed by atoms with Crippen molar-refractivity contribution < 1.29 is 27.6 Å². The Balaban J connectivity index is 1.57. The summed E-state index contributed by atoms with van der Waals surface area (Å²) in [5.74, 6) is 0.430. The number of hydrogen-bond donors (Lipinski definition) is 2. The summed E-state index contributed by atoms with van der Waals surface area (Å²) in [6, 6.07) is 10.6. The third kappa shape index (κ3) is 5.33. The van der Waals surface area contributed by atoms with Crippen molar-refractivity contribution in [3.8, 4) is 5.75 Å². The third-order valence-electron chi connectivity index (χ3n) is 4.87. The Hall–Kier alpha value is -2.45. The maximum Gasteiger partial charge on any atom is 0.416 e. The first-order valence-electron chi connectivity index (χ1n) is 9.16. The standard InChI is InChI=1S/C20H21ClF3N3O2/c1-29-18-5-3-2-4-17(18)27-10-8-26(9-11-27)13-19(28)25-16-12-14(20(22,23)24)6-7-15(16)21/h2-7,12H,8-11,13H2,1H3,(H,25,28)/p+1. The van der Waals surface area contributed by atoms with Gasteiger partial charge in [-0.1, -0.05) is 23.7 Å². The molecule has 156 valence electrons. The second-order valence-corrected chi connectivity index (χ2v) is 7.23. The van der Waals surface area contributed by atoms with E-state index in [1.165, 1.54) is 0 Å². The lowest BCUT2D eigenvalue weighted by Crippen LogP contribution is -3.15. The second kappa shape index (κ2) is 8.92. The number of carbonyl (C=O) groups is 1. The zero-order valence-electron chi connectivity index (χ0n) is 15.9. The quantitative estimate of drug-likeness (QED) is 0.769. The van der Waals surface area contributed by atoms with Gasteiger partial charge in [0.1, 0.15) is 5.75 Å². The van der Waals surface area contributed by atoms with E-state index in [1.807, 2.05) is 24.3 Å². The van der Waals surface area contributed by atoms with Gasteiger partial charge in [-0.3, -0.25) is 4.79 Å². The van der Waals surface area contributed by atoms with Gasteiger partial charge in [0.15, 0.2) is 6.54 Å². The zero-order chi connectivity index (χ0) is 21.0. The summed E-state index contributed by atoms with van der Waals surface area (Å²) in [5, 5.41) is 2.58. The van der Waals surface area contributed by atoms with Gasteiger partial charge in [-0.05, 0) is 30.3 Å². The first kappa shape index (κ1) is 21.3. The van der Waals surface area contributed by atoms with Crippen LogP contribution in [0.3, 0.4) is 0 Å². The average Bonchev–Trinajstić information content (AvgIpc) is 2.69. The van der Waals surface area contributed by atoms with Crippen LogP contribution in [0.1, 0.15) is 5.56 Å². The molecule has 5 nitrogen and oxygen atoms in total. The summed E-state index contributed by atoms with van der Waals surface area (Å²) in [6.07, 6.45) is -4.50. The Labute approximate surface area is 172 Å². The Morgan fingerprint density at radius 2 is 1.90 bits per heavy atom. The molecule has 0 bridgehead atoms. The molecule has 1 saturated heterocycles. The van der Waals surface area contributed by atoms with Gasteiger partial charge in [-0.25, -0.2) is 0 Å². The number of benzene rings is 2. The molecule has 2 aromatic rings. The molecule has 0 aromatic heterocycles. The lowest BCUT2D eigenvalue weighted by atomic mass is 10.2. The molecule has 9 heteroatoms. The molecule has 3 rings (SSSR count). The highest BCUT2D eigenvalue weighted by Gasteiger charge is 2.31. The number of hydrogen-bond acceptors (Lipinski definition) is 3. The van der Waals surface area contributed by atoms with Crippen molar-refractivity contribution in [2.24, 2.45) is 0 Å². The van der Waals surface area contributed by atoms with Crippen LogP contribution < -0.4 is 19.9 Å². The first-order valence-corrected chi connectivity index (χ1v) is 9.54. The van der Waals surface area contributed by atoms with Crippen molar-refractivity contribution >= 4 is 28.9 Å². The minimum absolute atomic E-state index is 0.0291. The molecule has 0 unspecified atom stereocenters. The van der Waals surface area contributed by atoms with Crippen LogP contribution >= 0.6 is 11.6 Å². The number of anilines is 2. The van der Waals surface area contributed by atoms with E-state index in [1.54, 1.807) is 7.11 Å². The number of nitrogens with one attached hydrogen (secondary N) is 2. The van der Waals surface area contributed by atoms with Crippen LogP contribution in [-0.2, 0) is 11.0 Å². The molecular formula is C20H22ClF3N3O2+. The van der Waals surface area contributed by atoms with Crippen molar-refractivity contribution in [3.63, 3.8) is 0 Å². The molecule has 0 saturated carbocycles. The van der Waals surface area contributed by atoms with E-state index in [2.05, 4.69) is 10.2 Å². The molecule has 2 N–H and O–H groups in total. The van der Waals surface area contributed by atoms with Gasteiger partial charge < -0.3 is 19.9 Å². The Kier molecular flexibility index (Phi) is 6.54. The fourth-order valence-electron chi connectivity index (χ4n) is 3.35. The topological polar surface area (TPSA) is 46.0 Å². The molecule has 1 fully saturated rings. The molecule has 0 radical (unpaired) electrons. The SMILES string of the molecule is COc1ccccc1N1CC[NH+](CC(=O)Nc2cc(C(F)(F)F)ccc2Cl)CC1. The summed E-state index contributed by atoms with van der Waals surface area (Å²) >= 11 is 5.94. The summed E-state index contributed by atoms with van der Waals surface area (Å²) in [4.78, 5) is 15.6. The van der Waals surface area contributed by atoms with Gasteiger partial charge in [-0.2, -0.15) is 13.2 Å². The highest BCUT2D eigenvalue weighted by Crippen LogP contribution is 2.33. The number of nitrogens with zero attached hydrogens (tertiary/aromatic N) is 1. The summed E-state index contributed by atoms with van der Waals surface area (Å²) in [7, 11) is 1.63. The second-order valence-electron chi connectivity index (χ2n) is 6.83. The highest BCUT2D eigenvalue weighted by molar-refractivity contribution is 6.33. The first-order chi connectivity index (χ1) is 13.8. The minimum atomic E-state index is -4.50. The largest absolute Gasteiger partial charge is 0.495 e. The van der Waals surface area contributed by atoms with Crippen LogP contribution in [-0.4, -0.2) is 45.7 Å². The van der Waals surface area contributed by atoms with Crippen LogP contribution in [0.4, 0.5) is 24.5 Å². The van der Waals surface area contributed by atoms with Gasteiger partial charge in [0.05, 0.1) is 55.2 Å². The predicted octanol–water partition coefficient (Wildman–Crippen LogP) is 2.71. The summed E-state index contributed by atoms with van der Waals surface area (Å²) in [6.45, 7) is 3.09. The molecule has 1 amide bonds. The van der Waals surface area contributed by atoms with Crippen LogP contribution in [0.5, 0.6) is 5.75 Å². The number of rotatable bonds is 5. The lowest BCUT2D eigenvalue weighted by Gasteiger charge is -2.34. The lowest BCUT2D eigenvalue weighted by molar-refractivity contribution is -0.892. The van der Waals surface area contributed by atoms with Gasteiger partial charge >= 0.3 is 6.18 Å². The number of alkyl halides is 3. The van der Waals surface area contributed by atoms with E-state index in [0.29, 0.717) is 0 Å². The fraction of sp³-hybridized carbons (Fsp3) is 0.350. The Morgan fingerprint density at radius 3 is 2.55 bits per heavy atom. The number of quaternary nitrogens is 1. The van der Waals surface area contributed by atoms with Gasteiger partial charge in [0, 0.05) is 0 Å². The number of piperazine rings is 1. The number of amides is 1. The maximum absolute atomic E-state index is 12.9. The molecule has 0 aliphatic carbocycles. The number of methoxy groups -OCH3 is 1. The number of carbonyl (C=O) groups excluding carboxylic acids is 1. The molecule has 1 heterocycles. The highest BCUT2D eigenvalue weighted by atomic mass is 35.5. The molecule has 1 aliphatic heterocycles. The van der Waals surface area contributed by atoms with Crippen molar-refractivity contribution in [2.75, 3.05) is 50.1 Å². The van der Waals surface area contributed by atoms with E-state index in [-0.39, 0.29) is 23.2 Å². The van der Waals surface area contributed by atoms with E-state index < -0.39 is 11.7 Å². The van der Waals surface area contributed by atoms with E-state index in [0.717, 1.165) is 60.7 Å². The molecule has 0 atom stereocenters. The maximum atomic E-state index is 12.9. The van der Waals surface area contributed by atoms with Gasteiger partial charge in [-0.15, -0.1) is 0 Å². The average molecular weight is 429 g/mol. The van der Waals surface area contributed by atoms with Crippen molar-refractivity contribution in [1.82, 2.24) is 0 Å². The summed E-state index contributed by atoms with van der Waals surface area (Å²) in [5.41, 5.74) is 0.128. The molecule has 29 heavy (non-hydrogen) atoms. The number of para-hydroxylation sites is 2. The van der Waals surface area contributed by atoms with Crippen LogP contribution in [0.15, 0.2) is 42.5 Å². The number of ether oxygens (including phenoxy) is 1. The van der Waals surface area contributed by atoms with E-state index in [4.69, 9.17) is 16.3 Å². The summed E-state index contributed by atoms with van der Waals surface area (Å²) < 4.78 is 44.0. The van der Waals surface area contributed by atoms with Crippen molar-refractivity contribution in [2.45, 2.75) is 6.18 Å². The third-order valence-corrected chi connectivity index (χ3v) is 5.20. The van der Waals surface area contributed by atoms with E-state index >= 15 is 0 Å². The van der Waals surface area contributed by atoms with E-state index in [9.17, 15) is 18.0 Å². The van der Waals surface area contributed by atoms with Crippen LogP contribution in [0.2, 0.25) is 5.02 Å². The molecule has 1 aliphatic rings. The van der Waals surface area contributed by atoms with Gasteiger partial charge in [0.25, 0.3) is 5.91 Å². The Bertz CT molecular complexity index is 868. The minimum Gasteiger partial charge on any atom is -0.495 e. The fourth-order valence-corrected chi connectivity index (χ4v) is 3.52. The monoisotopic (exact) mass is 428 g/mol. The van der Waals surface area contributed by atoms with Crippen LogP contribution in [0, 0.1) is 0 Å². The Morgan fingerprint density at radius 1 is 1.21 bits per heavy atom.